The van der Waals surface area contributed by atoms with Crippen molar-refractivity contribution in [3.05, 3.63) is 37.7 Å². The molecular weight excluding hydrogens is 148 g/mol. The van der Waals surface area contributed by atoms with Crippen LogP contribution in [0.25, 0.3) is 0 Å². The lowest BCUT2D eigenvalue weighted by Crippen LogP contribution is -2.35. The summed E-state index contributed by atoms with van der Waals surface area (Å²) < 4.78 is 0. The Morgan fingerprint density at radius 2 is 2.08 bits per heavy atom. The largest absolute Gasteiger partial charge is 0.359 e. The van der Waals surface area contributed by atoms with E-state index in [1.54, 1.807) is 0 Å². The first-order valence-corrected chi connectivity index (χ1v) is 4.17. The van der Waals surface area contributed by atoms with Crippen LogP contribution >= 0.6 is 0 Å². The van der Waals surface area contributed by atoms with Gasteiger partial charge in [0.1, 0.15) is 6.17 Å². The second-order valence-corrected chi connectivity index (χ2v) is 2.95. The van der Waals surface area contributed by atoms with Gasteiger partial charge in [-0.15, -0.1) is 13.2 Å². The fourth-order valence-corrected chi connectivity index (χ4v) is 1.41. The van der Waals surface area contributed by atoms with E-state index < -0.39 is 0 Å². The van der Waals surface area contributed by atoms with Crippen LogP contribution in [0.1, 0.15) is 6.42 Å². The van der Waals surface area contributed by atoms with E-state index in [4.69, 9.17) is 0 Å². The van der Waals surface area contributed by atoms with E-state index in [1.807, 2.05) is 12.2 Å². The minimum absolute atomic E-state index is 0.431. The van der Waals surface area contributed by atoms with Crippen molar-refractivity contribution in [3.63, 3.8) is 0 Å². The van der Waals surface area contributed by atoms with Crippen molar-refractivity contribution in [2.45, 2.75) is 12.6 Å². The topological polar surface area (TPSA) is 6.48 Å². The van der Waals surface area contributed by atoms with Gasteiger partial charge in [-0.3, -0.25) is 0 Å². The highest BCUT2D eigenvalue weighted by atomic mass is 15.4. The van der Waals surface area contributed by atoms with Crippen LogP contribution in [0.3, 0.4) is 0 Å². The Kier molecular flexibility index (Phi) is 2.97. The van der Waals surface area contributed by atoms with Crippen LogP contribution in [-0.2, 0) is 0 Å². The van der Waals surface area contributed by atoms with Crippen molar-refractivity contribution < 1.29 is 0 Å². The molecule has 12 heavy (non-hydrogen) atoms. The van der Waals surface area contributed by atoms with Gasteiger partial charge < -0.3 is 9.80 Å². The first-order valence-electron chi connectivity index (χ1n) is 4.17. The van der Waals surface area contributed by atoms with Crippen LogP contribution in [0.15, 0.2) is 37.7 Å². The minimum Gasteiger partial charge on any atom is -0.359 e. The molecule has 2 nitrogen and oxygen atoms in total. The highest BCUT2D eigenvalue weighted by Crippen LogP contribution is 2.16. The molecule has 0 bridgehead atoms. The van der Waals surface area contributed by atoms with Crippen LogP contribution in [0.2, 0.25) is 0 Å². The highest BCUT2D eigenvalue weighted by molar-refractivity contribution is 4.99. The van der Waals surface area contributed by atoms with Crippen molar-refractivity contribution >= 4 is 0 Å². The zero-order valence-electron chi connectivity index (χ0n) is 7.61. The summed E-state index contributed by atoms with van der Waals surface area (Å²) in [4.78, 5) is 4.43. The summed E-state index contributed by atoms with van der Waals surface area (Å²) in [7, 11) is 2.08. The molecule has 0 aromatic carbocycles. The molecule has 0 radical (unpaired) electrons. The Labute approximate surface area is 74.5 Å². The van der Waals surface area contributed by atoms with E-state index >= 15 is 0 Å². The second-order valence-electron chi connectivity index (χ2n) is 2.95. The van der Waals surface area contributed by atoms with Crippen LogP contribution in [-0.4, -0.2) is 29.6 Å². The van der Waals surface area contributed by atoms with Crippen molar-refractivity contribution in [1.82, 2.24) is 9.80 Å². The van der Waals surface area contributed by atoms with Gasteiger partial charge in [0.05, 0.1) is 0 Å². The lowest BCUT2D eigenvalue weighted by molar-refractivity contribution is 0.192. The summed E-state index contributed by atoms with van der Waals surface area (Å²) in [5.74, 6) is 0. The predicted octanol–water partition coefficient (Wildman–Crippen LogP) is 1.79. The Morgan fingerprint density at radius 3 is 2.67 bits per heavy atom. The van der Waals surface area contributed by atoms with Gasteiger partial charge in [-0.05, 0) is 0 Å². The molecule has 0 saturated heterocycles. The quantitative estimate of drug-likeness (QED) is 0.584. The average Bonchev–Trinajstić information content (AvgIpc) is 2.37. The van der Waals surface area contributed by atoms with E-state index in [0.717, 1.165) is 13.0 Å². The third-order valence-electron chi connectivity index (χ3n) is 2.06. The second kappa shape index (κ2) is 4.00. The van der Waals surface area contributed by atoms with Crippen LogP contribution in [0.5, 0.6) is 0 Å². The maximum Gasteiger partial charge on any atom is 0.104 e. The molecule has 1 unspecified atom stereocenters. The number of hydrogen-bond donors (Lipinski definition) is 0. The summed E-state index contributed by atoms with van der Waals surface area (Å²) in [6.45, 7) is 8.37. The number of hydrogen-bond acceptors (Lipinski definition) is 2. The van der Waals surface area contributed by atoms with Gasteiger partial charge in [-0.25, -0.2) is 0 Å². The van der Waals surface area contributed by atoms with Gasteiger partial charge in [0, 0.05) is 32.4 Å². The molecule has 1 atom stereocenters. The van der Waals surface area contributed by atoms with Crippen LogP contribution in [0, 0.1) is 0 Å². The van der Waals surface area contributed by atoms with Crippen LogP contribution in [0.4, 0.5) is 0 Å². The zero-order valence-corrected chi connectivity index (χ0v) is 7.61. The summed E-state index contributed by atoms with van der Waals surface area (Å²) in [6, 6.07) is 0. The predicted molar refractivity (Wildman–Crippen MR) is 52.4 cm³/mol. The van der Waals surface area contributed by atoms with Crippen molar-refractivity contribution in [3.8, 4) is 0 Å². The molecule has 0 saturated carbocycles. The SMILES string of the molecule is C=CCC1N(C)C=CN1CC=C. The molecule has 0 aromatic heterocycles. The molecule has 1 aliphatic rings. The standard InChI is InChI=1S/C10H16N2/c1-4-6-10-11(3)8-9-12(10)7-5-2/h4-5,8-10H,1-2,6-7H2,3H3. The summed E-state index contributed by atoms with van der Waals surface area (Å²) in [5.41, 5.74) is 0. The number of nitrogens with zero attached hydrogens (tertiary/aromatic N) is 2. The van der Waals surface area contributed by atoms with Gasteiger partial charge in [-0.2, -0.15) is 0 Å². The first kappa shape index (κ1) is 8.91. The fourth-order valence-electron chi connectivity index (χ4n) is 1.41. The van der Waals surface area contributed by atoms with Gasteiger partial charge in [0.15, 0.2) is 0 Å². The normalized spacial score (nSPS) is 21.6. The maximum atomic E-state index is 3.75. The van der Waals surface area contributed by atoms with Crippen LogP contribution < -0.4 is 0 Å². The van der Waals surface area contributed by atoms with E-state index in [0.29, 0.717) is 6.17 Å². The Morgan fingerprint density at radius 1 is 1.33 bits per heavy atom. The Hall–Kier alpha value is -1.18. The smallest absolute Gasteiger partial charge is 0.104 e. The molecule has 0 N–H and O–H groups in total. The molecule has 2 heteroatoms. The van der Waals surface area contributed by atoms with Gasteiger partial charge >= 0.3 is 0 Å². The first-order chi connectivity index (χ1) is 5.79. The van der Waals surface area contributed by atoms with E-state index in [-0.39, 0.29) is 0 Å². The summed E-state index contributed by atoms with van der Waals surface area (Å²) in [6.07, 6.45) is 9.45. The van der Waals surface area contributed by atoms with E-state index in [2.05, 4.69) is 42.4 Å². The molecule has 0 amide bonds. The zero-order chi connectivity index (χ0) is 8.97. The number of rotatable bonds is 4. The van der Waals surface area contributed by atoms with Gasteiger partial charge in [0.2, 0.25) is 0 Å². The lowest BCUT2D eigenvalue weighted by Gasteiger charge is -2.28. The monoisotopic (exact) mass is 164 g/mol. The Balaban J connectivity index is 2.55. The molecule has 0 fully saturated rings. The molecule has 1 rings (SSSR count). The molecule has 0 aliphatic carbocycles. The van der Waals surface area contributed by atoms with Crippen molar-refractivity contribution in [2.24, 2.45) is 0 Å². The third-order valence-corrected chi connectivity index (χ3v) is 2.06. The minimum atomic E-state index is 0.431. The molecule has 1 heterocycles. The maximum absolute atomic E-state index is 3.75. The molecule has 1 aliphatic heterocycles. The molecule has 66 valence electrons. The van der Waals surface area contributed by atoms with E-state index in [1.165, 1.54) is 0 Å². The molecular formula is C10H16N2. The average molecular weight is 164 g/mol. The summed E-state index contributed by atoms with van der Waals surface area (Å²) >= 11 is 0. The van der Waals surface area contributed by atoms with E-state index in [9.17, 15) is 0 Å². The highest BCUT2D eigenvalue weighted by Gasteiger charge is 2.20. The van der Waals surface area contributed by atoms with Gasteiger partial charge in [-0.1, -0.05) is 12.2 Å². The van der Waals surface area contributed by atoms with Crippen molar-refractivity contribution in [1.29, 1.82) is 0 Å². The molecule has 0 aromatic rings. The van der Waals surface area contributed by atoms with Gasteiger partial charge in [0.25, 0.3) is 0 Å². The fraction of sp³-hybridized carbons (Fsp3) is 0.400. The third kappa shape index (κ3) is 1.70. The summed E-state index contributed by atoms with van der Waals surface area (Å²) in [5, 5.41) is 0. The Bertz CT molecular complexity index is 196. The van der Waals surface area contributed by atoms with Crippen molar-refractivity contribution in [2.75, 3.05) is 13.6 Å². The molecule has 0 spiro atoms. The lowest BCUT2D eigenvalue weighted by atomic mass is 10.3.